The SMILES string of the molecule is CN(C)C(=O)/C=C/CC[C@H](NC(=O)c1ccc(F)cn1)C(=O)Nc1cccn(Cc2nc3c(OCc4ccc(F)cc4F)cc(F)cc3[nH]2)c1=O. The van der Waals surface area contributed by atoms with Crippen LogP contribution in [0.1, 0.15) is 34.7 Å². The Bertz CT molecular complexity index is 2170. The van der Waals surface area contributed by atoms with Crippen LogP contribution in [0.3, 0.4) is 0 Å². The molecule has 0 radical (unpaired) electrons. The average Bonchev–Trinajstić information content (AvgIpc) is 3.49. The number of aromatic amines is 1. The van der Waals surface area contributed by atoms with Gasteiger partial charge in [-0.05, 0) is 61.4 Å². The molecular formula is C35H31F4N7O5. The van der Waals surface area contributed by atoms with Gasteiger partial charge in [-0.15, -0.1) is 0 Å². The predicted molar refractivity (Wildman–Crippen MR) is 178 cm³/mol. The number of amides is 3. The Hall–Kier alpha value is -6.32. The molecule has 5 aromatic rings. The number of aromatic nitrogens is 4. The Morgan fingerprint density at radius 2 is 1.80 bits per heavy atom. The van der Waals surface area contributed by atoms with Crippen LogP contribution in [0.25, 0.3) is 11.0 Å². The number of nitrogens with zero attached hydrogens (tertiary/aromatic N) is 4. The van der Waals surface area contributed by atoms with E-state index < -0.39 is 46.7 Å². The summed E-state index contributed by atoms with van der Waals surface area (Å²) in [5.74, 6) is -4.50. The number of carbonyl (C=O) groups excluding carboxylic acids is 3. The Morgan fingerprint density at radius 1 is 1.02 bits per heavy atom. The zero-order valence-electron chi connectivity index (χ0n) is 27.3. The van der Waals surface area contributed by atoms with E-state index in [1.54, 1.807) is 14.1 Å². The molecule has 0 fully saturated rings. The highest BCUT2D eigenvalue weighted by molar-refractivity contribution is 6.00. The number of pyridine rings is 2. The van der Waals surface area contributed by atoms with Crippen LogP contribution >= 0.6 is 0 Å². The first-order valence-electron chi connectivity index (χ1n) is 15.4. The summed E-state index contributed by atoms with van der Waals surface area (Å²) in [6, 6.07) is 9.07. The molecule has 3 heterocycles. The molecule has 2 aromatic carbocycles. The quantitative estimate of drug-likeness (QED) is 0.121. The third kappa shape index (κ3) is 9.23. The molecule has 0 aliphatic heterocycles. The molecule has 3 aromatic heterocycles. The maximum absolute atomic E-state index is 14.4. The van der Waals surface area contributed by atoms with Crippen LogP contribution in [0, 0.1) is 23.3 Å². The molecule has 51 heavy (non-hydrogen) atoms. The summed E-state index contributed by atoms with van der Waals surface area (Å²) in [7, 11) is 3.15. The number of ether oxygens (including phenoxy) is 1. The summed E-state index contributed by atoms with van der Waals surface area (Å²) >= 11 is 0. The molecule has 0 aliphatic rings. The monoisotopic (exact) mass is 705 g/mol. The number of hydrogen-bond acceptors (Lipinski definition) is 7. The molecule has 264 valence electrons. The Morgan fingerprint density at radius 3 is 2.53 bits per heavy atom. The fourth-order valence-electron chi connectivity index (χ4n) is 4.83. The lowest BCUT2D eigenvalue weighted by Gasteiger charge is -2.18. The second-order valence-electron chi connectivity index (χ2n) is 11.5. The third-order valence-corrected chi connectivity index (χ3v) is 7.47. The molecule has 0 spiro atoms. The van der Waals surface area contributed by atoms with E-state index in [9.17, 15) is 36.7 Å². The van der Waals surface area contributed by atoms with Gasteiger partial charge in [-0.3, -0.25) is 19.2 Å². The van der Waals surface area contributed by atoms with Crippen LogP contribution in [-0.2, 0) is 22.7 Å². The minimum Gasteiger partial charge on any atom is -0.486 e. The van der Waals surface area contributed by atoms with Gasteiger partial charge in [0.2, 0.25) is 11.8 Å². The lowest BCUT2D eigenvalue weighted by Crippen LogP contribution is -2.44. The van der Waals surface area contributed by atoms with Gasteiger partial charge in [0.1, 0.15) is 58.6 Å². The number of likely N-dealkylation sites (N-methyl/N-ethyl adjacent to an activating group) is 1. The van der Waals surface area contributed by atoms with Crippen LogP contribution in [0.2, 0.25) is 0 Å². The number of benzene rings is 2. The van der Waals surface area contributed by atoms with Gasteiger partial charge in [-0.25, -0.2) is 27.5 Å². The van der Waals surface area contributed by atoms with Crippen molar-refractivity contribution in [1.29, 1.82) is 0 Å². The summed E-state index contributed by atoms with van der Waals surface area (Å²) in [6.45, 7) is -0.480. The number of halogens is 4. The highest BCUT2D eigenvalue weighted by atomic mass is 19.1. The Balaban J connectivity index is 1.32. The van der Waals surface area contributed by atoms with Gasteiger partial charge in [0.05, 0.1) is 18.3 Å². The van der Waals surface area contributed by atoms with Gasteiger partial charge in [-0.2, -0.15) is 0 Å². The highest BCUT2D eigenvalue weighted by Gasteiger charge is 2.23. The lowest BCUT2D eigenvalue weighted by atomic mass is 10.1. The number of hydrogen-bond donors (Lipinski definition) is 3. The highest BCUT2D eigenvalue weighted by Crippen LogP contribution is 2.27. The zero-order chi connectivity index (χ0) is 36.7. The van der Waals surface area contributed by atoms with Crippen molar-refractivity contribution in [2.24, 2.45) is 0 Å². The number of carbonyl (C=O) groups is 3. The van der Waals surface area contributed by atoms with E-state index in [0.29, 0.717) is 6.07 Å². The molecule has 16 heteroatoms. The number of H-pyrrole nitrogens is 1. The van der Waals surface area contributed by atoms with Crippen LogP contribution in [0.5, 0.6) is 5.75 Å². The molecule has 0 unspecified atom stereocenters. The standard InChI is InChI=1S/C35H31F4N7O5/c1-45(2)31(47)8-4-3-6-26(42-33(48)25-12-11-22(37)17-40-25)34(49)43-27-7-5-13-46(35(27)50)18-30-41-28-15-23(38)16-29(32(28)44-30)51-19-20-9-10-21(36)14-24(20)39/h4-5,7-17,26H,3,6,18-19H2,1-2H3,(H,41,44)(H,42,48)(H,43,49)/b8-4+/t26-/m0/s1. The summed E-state index contributed by atoms with van der Waals surface area (Å²) in [4.78, 5) is 64.0. The van der Waals surface area contributed by atoms with Crippen LogP contribution < -0.4 is 20.9 Å². The maximum atomic E-state index is 14.4. The summed E-state index contributed by atoms with van der Waals surface area (Å²) < 4.78 is 62.0. The molecule has 0 bridgehead atoms. The summed E-state index contributed by atoms with van der Waals surface area (Å²) in [5.41, 5.74) is -0.444. The minimum atomic E-state index is -1.19. The zero-order valence-corrected chi connectivity index (χ0v) is 27.3. The normalized spacial score (nSPS) is 11.8. The van der Waals surface area contributed by atoms with Crippen molar-refractivity contribution >= 4 is 34.4 Å². The van der Waals surface area contributed by atoms with Gasteiger partial charge >= 0.3 is 0 Å². The van der Waals surface area contributed by atoms with Crippen LogP contribution in [0.15, 0.2) is 83.9 Å². The van der Waals surface area contributed by atoms with Gasteiger partial charge in [0, 0.05) is 38.0 Å². The molecule has 3 N–H and O–H groups in total. The first kappa shape index (κ1) is 36.0. The number of nitrogens with one attached hydrogen (secondary N) is 3. The Labute approximate surface area is 287 Å². The largest absolute Gasteiger partial charge is 0.486 e. The molecule has 12 nitrogen and oxygen atoms in total. The topological polar surface area (TPSA) is 151 Å². The van der Waals surface area contributed by atoms with E-state index in [1.165, 1.54) is 46.0 Å². The molecule has 0 saturated heterocycles. The van der Waals surface area contributed by atoms with Crippen LogP contribution in [-0.4, -0.2) is 62.3 Å². The summed E-state index contributed by atoms with van der Waals surface area (Å²) in [6.07, 6.45) is 5.38. The molecule has 0 saturated carbocycles. The third-order valence-electron chi connectivity index (χ3n) is 7.47. The van der Waals surface area contributed by atoms with Crippen molar-refractivity contribution in [2.45, 2.75) is 32.0 Å². The molecular weight excluding hydrogens is 674 g/mol. The second kappa shape index (κ2) is 15.9. The van der Waals surface area contributed by atoms with Gasteiger partial charge in [0.25, 0.3) is 11.5 Å². The first-order chi connectivity index (χ1) is 24.4. The number of imidazole rings is 1. The average molecular weight is 706 g/mol. The molecule has 0 aliphatic carbocycles. The molecule has 5 rings (SSSR count). The van der Waals surface area contributed by atoms with Crippen molar-refractivity contribution in [3.8, 4) is 5.75 Å². The molecule has 1 atom stereocenters. The van der Waals surface area contributed by atoms with E-state index in [1.807, 2.05) is 0 Å². The van der Waals surface area contributed by atoms with E-state index >= 15 is 0 Å². The number of rotatable bonds is 13. The minimum absolute atomic E-state index is 0.0190. The van der Waals surface area contributed by atoms with Gasteiger partial charge in [0.15, 0.2) is 5.75 Å². The van der Waals surface area contributed by atoms with Crippen molar-refractivity contribution in [1.82, 2.24) is 29.7 Å². The lowest BCUT2D eigenvalue weighted by molar-refractivity contribution is -0.123. The summed E-state index contributed by atoms with van der Waals surface area (Å²) in [5, 5.41) is 5.07. The van der Waals surface area contributed by atoms with Crippen molar-refractivity contribution in [3.05, 3.63) is 130 Å². The van der Waals surface area contributed by atoms with E-state index in [4.69, 9.17) is 4.74 Å². The van der Waals surface area contributed by atoms with Crippen molar-refractivity contribution in [2.75, 3.05) is 19.4 Å². The van der Waals surface area contributed by atoms with Crippen LogP contribution in [0.4, 0.5) is 23.2 Å². The van der Waals surface area contributed by atoms with Crippen molar-refractivity contribution in [3.63, 3.8) is 0 Å². The maximum Gasteiger partial charge on any atom is 0.274 e. The van der Waals surface area contributed by atoms with E-state index in [-0.39, 0.29) is 71.5 Å². The first-order valence-corrected chi connectivity index (χ1v) is 15.4. The fourth-order valence-corrected chi connectivity index (χ4v) is 4.83. The Kier molecular flexibility index (Phi) is 11.2. The fraction of sp³-hybridized carbons (Fsp3) is 0.200. The van der Waals surface area contributed by atoms with Gasteiger partial charge in [-0.1, -0.05) is 6.08 Å². The number of fused-ring (bicyclic) bond motifs is 1. The predicted octanol–water partition coefficient (Wildman–Crippen LogP) is 4.47. The number of anilines is 1. The smallest absolute Gasteiger partial charge is 0.274 e. The van der Waals surface area contributed by atoms with E-state index in [0.717, 1.165) is 36.5 Å². The van der Waals surface area contributed by atoms with Gasteiger partial charge < -0.3 is 29.8 Å². The molecule has 3 amide bonds. The van der Waals surface area contributed by atoms with E-state index in [2.05, 4.69) is 25.6 Å². The number of allylic oxidation sites excluding steroid dienone is 1. The van der Waals surface area contributed by atoms with Crippen molar-refractivity contribution < 1.29 is 36.7 Å². The second-order valence-corrected chi connectivity index (χ2v) is 11.5.